The number of hydrogen-bond donors (Lipinski definition) is 2. The molecule has 0 radical (unpaired) electrons. The van der Waals surface area contributed by atoms with E-state index < -0.39 is 24.0 Å². The summed E-state index contributed by atoms with van der Waals surface area (Å²) in [6.07, 6.45) is -1.17. The van der Waals surface area contributed by atoms with Crippen molar-refractivity contribution in [3.05, 3.63) is 23.8 Å². The Morgan fingerprint density at radius 2 is 1.80 bits per heavy atom. The minimum atomic E-state index is -1.17. The number of benzene rings is 1. The number of carbonyl (C=O) groups is 3. The summed E-state index contributed by atoms with van der Waals surface area (Å²) in [6.45, 7) is 8.09. The fraction of sp³-hybridized carbons (Fsp3) is 0.471. The molecule has 0 aliphatic rings. The highest BCUT2D eigenvalue weighted by Crippen LogP contribution is 2.29. The maximum atomic E-state index is 12.2. The van der Waals surface area contributed by atoms with Crippen molar-refractivity contribution in [2.45, 2.75) is 33.8 Å². The Hall–Kier alpha value is -2.77. The first-order valence-electron chi connectivity index (χ1n) is 7.95. The van der Waals surface area contributed by atoms with E-state index >= 15 is 0 Å². The van der Waals surface area contributed by atoms with Crippen LogP contribution in [0.2, 0.25) is 0 Å². The molecule has 1 atom stereocenters. The van der Waals surface area contributed by atoms with Gasteiger partial charge in [0.2, 0.25) is 0 Å². The van der Waals surface area contributed by atoms with E-state index in [2.05, 4.69) is 0 Å². The van der Waals surface area contributed by atoms with Crippen LogP contribution in [0.15, 0.2) is 18.2 Å². The molecule has 0 saturated heterocycles. The Kier molecular flexibility index (Phi) is 7.71. The van der Waals surface area contributed by atoms with E-state index in [9.17, 15) is 14.4 Å². The second kappa shape index (κ2) is 9.51. The van der Waals surface area contributed by atoms with Crippen molar-refractivity contribution < 1.29 is 28.6 Å². The van der Waals surface area contributed by atoms with Gasteiger partial charge in [-0.2, -0.15) is 0 Å². The molecule has 3 amide bonds. The van der Waals surface area contributed by atoms with Crippen molar-refractivity contribution in [2.24, 2.45) is 11.7 Å². The predicted molar refractivity (Wildman–Crippen MR) is 90.5 cm³/mol. The molecule has 1 unspecified atom stereocenters. The third-order valence-electron chi connectivity index (χ3n) is 2.95. The molecule has 1 rings (SSSR count). The van der Waals surface area contributed by atoms with Gasteiger partial charge >= 0.3 is 12.0 Å². The van der Waals surface area contributed by atoms with Crippen LogP contribution >= 0.6 is 0 Å². The van der Waals surface area contributed by atoms with E-state index in [1.54, 1.807) is 6.07 Å². The number of hydrogen-bond acceptors (Lipinski definition) is 6. The van der Waals surface area contributed by atoms with Gasteiger partial charge in [-0.1, -0.05) is 13.8 Å². The van der Waals surface area contributed by atoms with Crippen LogP contribution in [0.5, 0.6) is 11.5 Å². The average Bonchev–Trinajstić information content (AvgIpc) is 2.52. The Balaban J connectivity index is 2.86. The van der Waals surface area contributed by atoms with Gasteiger partial charge in [0.15, 0.2) is 17.6 Å². The van der Waals surface area contributed by atoms with Crippen molar-refractivity contribution >= 4 is 17.9 Å². The monoisotopic (exact) mass is 352 g/mol. The molecule has 0 saturated carbocycles. The van der Waals surface area contributed by atoms with Crippen LogP contribution in [0.3, 0.4) is 0 Å². The number of carbonyl (C=O) groups excluding carboxylic acids is 3. The topological polar surface area (TPSA) is 117 Å². The predicted octanol–water partition coefficient (Wildman–Crippen LogP) is 1.86. The van der Waals surface area contributed by atoms with Gasteiger partial charge < -0.3 is 19.9 Å². The fourth-order valence-electron chi connectivity index (χ4n) is 1.78. The normalized spacial score (nSPS) is 11.6. The first kappa shape index (κ1) is 20.3. The number of nitrogens with two attached hydrogens (primary N) is 1. The first-order chi connectivity index (χ1) is 11.7. The molecule has 0 fully saturated rings. The smallest absolute Gasteiger partial charge is 0.339 e. The average molecular weight is 352 g/mol. The molecule has 0 aliphatic carbocycles. The summed E-state index contributed by atoms with van der Waals surface area (Å²) < 4.78 is 16.2. The van der Waals surface area contributed by atoms with E-state index in [1.165, 1.54) is 19.1 Å². The molecule has 1 aromatic carbocycles. The van der Waals surface area contributed by atoms with Crippen LogP contribution in [0, 0.1) is 5.92 Å². The summed E-state index contributed by atoms with van der Waals surface area (Å²) in [7, 11) is 0. The lowest BCUT2D eigenvalue weighted by molar-refractivity contribution is -0.127. The van der Waals surface area contributed by atoms with E-state index in [0.717, 1.165) is 0 Å². The van der Waals surface area contributed by atoms with Crippen LogP contribution in [-0.2, 0) is 9.53 Å². The van der Waals surface area contributed by atoms with Crippen molar-refractivity contribution in [2.75, 3.05) is 13.2 Å². The van der Waals surface area contributed by atoms with E-state index in [4.69, 9.17) is 19.9 Å². The zero-order valence-corrected chi connectivity index (χ0v) is 14.8. The second-order valence-electron chi connectivity index (χ2n) is 5.70. The number of esters is 1. The third-order valence-corrected chi connectivity index (χ3v) is 2.95. The quantitative estimate of drug-likeness (QED) is 0.690. The number of primary amides is 1. The fourth-order valence-corrected chi connectivity index (χ4v) is 1.78. The Morgan fingerprint density at radius 3 is 2.36 bits per heavy atom. The molecular weight excluding hydrogens is 328 g/mol. The van der Waals surface area contributed by atoms with Gasteiger partial charge in [-0.15, -0.1) is 0 Å². The molecule has 0 aliphatic heterocycles. The summed E-state index contributed by atoms with van der Waals surface area (Å²) in [6, 6.07) is 3.59. The Morgan fingerprint density at radius 1 is 1.12 bits per heavy atom. The van der Waals surface area contributed by atoms with E-state index in [0.29, 0.717) is 30.6 Å². The van der Waals surface area contributed by atoms with E-state index in [1.807, 2.05) is 26.1 Å². The van der Waals surface area contributed by atoms with Gasteiger partial charge in [0.1, 0.15) is 0 Å². The molecule has 8 heteroatoms. The van der Waals surface area contributed by atoms with Gasteiger partial charge in [-0.05, 0) is 38.0 Å². The van der Waals surface area contributed by atoms with E-state index in [-0.39, 0.29) is 5.56 Å². The summed E-state index contributed by atoms with van der Waals surface area (Å²) >= 11 is 0. The maximum Gasteiger partial charge on any atom is 0.339 e. The third kappa shape index (κ3) is 6.70. The minimum absolute atomic E-state index is 0.194. The highest BCUT2D eigenvalue weighted by Gasteiger charge is 2.21. The SMILES string of the molecule is CCOc1cc(C(=O)OC(C)C(=O)NC(N)=O)ccc1OCC(C)C. The number of amides is 3. The molecule has 3 N–H and O–H groups in total. The van der Waals surface area contributed by atoms with Gasteiger partial charge in [0.25, 0.3) is 5.91 Å². The highest BCUT2D eigenvalue weighted by atomic mass is 16.5. The van der Waals surface area contributed by atoms with Crippen LogP contribution in [0.1, 0.15) is 38.1 Å². The molecule has 0 spiro atoms. The molecule has 1 aromatic rings. The second-order valence-corrected chi connectivity index (χ2v) is 5.70. The lowest BCUT2D eigenvalue weighted by atomic mass is 10.2. The van der Waals surface area contributed by atoms with Crippen LogP contribution in [-0.4, -0.2) is 37.2 Å². The Bertz CT molecular complexity index is 630. The lowest BCUT2D eigenvalue weighted by Gasteiger charge is -2.15. The minimum Gasteiger partial charge on any atom is -0.490 e. The van der Waals surface area contributed by atoms with Gasteiger partial charge in [-0.3, -0.25) is 10.1 Å². The number of rotatable bonds is 8. The molecule has 0 aromatic heterocycles. The Labute approximate surface area is 146 Å². The van der Waals surface area contributed by atoms with Gasteiger partial charge in [-0.25, -0.2) is 9.59 Å². The van der Waals surface area contributed by atoms with Gasteiger partial charge in [0.05, 0.1) is 18.8 Å². The molecular formula is C17H24N2O6. The first-order valence-corrected chi connectivity index (χ1v) is 7.95. The van der Waals surface area contributed by atoms with Crippen LogP contribution < -0.4 is 20.5 Å². The molecule has 8 nitrogen and oxygen atoms in total. The number of urea groups is 1. The molecule has 0 heterocycles. The van der Waals surface area contributed by atoms with Crippen molar-refractivity contribution in [3.63, 3.8) is 0 Å². The highest BCUT2D eigenvalue weighted by molar-refractivity contribution is 5.98. The maximum absolute atomic E-state index is 12.2. The van der Waals surface area contributed by atoms with Gasteiger partial charge in [0, 0.05) is 0 Å². The van der Waals surface area contributed by atoms with Crippen molar-refractivity contribution in [1.29, 1.82) is 0 Å². The summed E-state index contributed by atoms with van der Waals surface area (Å²) in [5.41, 5.74) is 5.04. The molecule has 25 heavy (non-hydrogen) atoms. The summed E-state index contributed by atoms with van der Waals surface area (Å²) in [4.78, 5) is 34.4. The number of ether oxygens (including phenoxy) is 3. The largest absolute Gasteiger partial charge is 0.490 e. The molecule has 0 bridgehead atoms. The standard InChI is InChI=1S/C17H24N2O6/c1-5-23-14-8-12(6-7-13(14)24-9-10(2)3)16(21)25-11(4)15(20)19-17(18)22/h6-8,10-11H,5,9H2,1-4H3,(H3,18,19,20,22). The summed E-state index contributed by atoms with van der Waals surface area (Å²) in [5.74, 6) is -0.270. The van der Waals surface area contributed by atoms with Crippen LogP contribution in [0.4, 0.5) is 4.79 Å². The van der Waals surface area contributed by atoms with Crippen LogP contribution in [0.25, 0.3) is 0 Å². The lowest BCUT2D eigenvalue weighted by Crippen LogP contribution is -2.42. The van der Waals surface area contributed by atoms with Crippen molar-refractivity contribution in [3.8, 4) is 11.5 Å². The zero-order valence-electron chi connectivity index (χ0n) is 14.8. The van der Waals surface area contributed by atoms with Crippen molar-refractivity contribution in [1.82, 2.24) is 5.32 Å². The number of nitrogens with one attached hydrogen (secondary N) is 1. The zero-order chi connectivity index (χ0) is 19.0. The summed E-state index contributed by atoms with van der Waals surface area (Å²) in [5, 5.41) is 1.85. The molecule has 138 valence electrons. The number of imide groups is 1.